The van der Waals surface area contributed by atoms with Gasteiger partial charge >= 0.3 is 0 Å². The molecule has 5 saturated carbocycles. The average Bonchev–Trinajstić information content (AvgIpc) is 3.48. The third-order valence-corrected chi connectivity index (χ3v) is 11.9. The normalized spacial score (nSPS) is 27.2. The van der Waals surface area contributed by atoms with Gasteiger partial charge in [-0.3, -0.25) is 13.9 Å². The molecule has 2 amide bonds. The molecule has 0 saturated heterocycles. The van der Waals surface area contributed by atoms with Gasteiger partial charge in [0.15, 0.2) is 0 Å². The molecule has 2 aromatic rings. The molecule has 2 aromatic carbocycles. The van der Waals surface area contributed by atoms with Crippen LogP contribution in [0.4, 0.5) is 5.69 Å². The molecule has 1 atom stereocenters. The highest BCUT2D eigenvalue weighted by molar-refractivity contribution is 7.92. The molecule has 7 nitrogen and oxygen atoms in total. The summed E-state index contributed by atoms with van der Waals surface area (Å²) in [5, 5.41) is 3.16. The molecular weight excluding hydrogens is 558 g/mol. The van der Waals surface area contributed by atoms with E-state index in [-0.39, 0.29) is 36.4 Å². The number of sulfonamides is 1. The van der Waals surface area contributed by atoms with Crippen molar-refractivity contribution in [2.24, 2.45) is 17.8 Å². The molecule has 0 aromatic heterocycles. The molecule has 1 unspecified atom stereocenters. The summed E-state index contributed by atoms with van der Waals surface area (Å²) in [7, 11) is -3.76. The molecule has 4 bridgehead atoms. The molecule has 0 spiro atoms. The van der Waals surface area contributed by atoms with Gasteiger partial charge in [0.2, 0.25) is 21.8 Å². The van der Waals surface area contributed by atoms with E-state index in [2.05, 4.69) is 17.4 Å². The maximum Gasteiger partial charge on any atom is 0.244 e. The summed E-state index contributed by atoms with van der Waals surface area (Å²) < 4.78 is 27.5. The van der Waals surface area contributed by atoms with Gasteiger partial charge in [-0.25, -0.2) is 8.42 Å². The fraction of sp³-hybridized carbons (Fsp3) is 0.600. The van der Waals surface area contributed by atoms with Crippen molar-refractivity contribution in [3.05, 3.63) is 65.7 Å². The molecular formula is C35H47N3O4S. The van der Waals surface area contributed by atoms with Crippen LogP contribution < -0.4 is 9.62 Å². The first-order chi connectivity index (χ1) is 20.6. The topological polar surface area (TPSA) is 86.8 Å². The van der Waals surface area contributed by atoms with Crippen molar-refractivity contribution >= 4 is 27.5 Å². The summed E-state index contributed by atoms with van der Waals surface area (Å²) in [5.74, 6) is 1.93. The number of benzene rings is 2. The maximum absolute atomic E-state index is 14.1. The van der Waals surface area contributed by atoms with E-state index in [0.29, 0.717) is 12.1 Å². The van der Waals surface area contributed by atoms with Crippen LogP contribution in [0.25, 0.3) is 0 Å². The molecule has 0 aliphatic heterocycles. The van der Waals surface area contributed by atoms with E-state index < -0.39 is 16.1 Å². The number of nitrogens with zero attached hydrogens (tertiary/aromatic N) is 2. The second kappa shape index (κ2) is 12.3. The molecule has 1 N–H and O–H groups in total. The fourth-order valence-electron chi connectivity index (χ4n) is 9.13. The Kier molecular flexibility index (Phi) is 8.60. The lowest BCUT2D eigenvalue weighted by Gasteiger charge is -2.57. The number of rotatable bonds is 11. The van der Waals surface area contributed by atoms with Gasteiger partial charge in [-0.2, -0.15) is 0 Å². The summed E-state index contributed by atoms with van der Waals surface area (Å²) in [5.41, 5.74) is 2.92. The summed E-state index contributed by atoms with van der Waals surface area (Å²) in [4.78, 5) is 29.1. The van der Waals surface area contributed by atoms with Crippen molar-refractivity contribution in [1.29, 1.82) is 0 Å². The quantitative estimate of drug-likeness (QED) is 0.352. The molecule has 0 heterocycles. The van der Waals surface area contributed by atoms with Crippen LogP contribution in [0.2, 0.25) is 0 Å². The van der Waals surface area contributed by atoms with Gasteiger partial charge < -0.3 is 10.2 Å². The highest BCUT2D eigenvalue weighted by Gasteiger charge is 2.51. The third kappa shape index (κ3) is 6.50. The standard InChI is InChI=1S/C35H47N3O4S/c1-3-32(34(40)36-30-11-7-8-12-30)37(23-25-9-5-4-6-10-25)33(39)24-38(43(2,41)42)31-15-13-29(14-16-31)35-20-26-17-27(21-35)19-28(18-26)22-35/h4-6,9-10,13-16,26-28,30,32H,3,7-8,11-12,17-24H2,1-2H3,(H,36,40). The molecule has 5 aliphatic carbocycles. The van der Waals surface area contributed by atoms with Crippen molar-refractivity contribution in [2.75, 3.05) is 17.1 Å². The van der Waals surface area contributed by atoms with Crippen LogP contribution in [0.3, 0.4) is 0 Å². The van der Waals surface area contributed by atoms with Crippen LogP contribution >= 0.6 is 0 Å². The summed E-state index contributed by atoms with van der Waals surface area (Å²) in [6.07, 6.45) is 13.5. The van der Waals surface area contributed by atoms with Crippen LogP contribution in [-0.2, 0) is 31.6 Å². The molecule has 232 valence electrons. The van der Waals surface area contributed by atoms with Crippen molar-refractivity contribution < 1.29 is 18.0 Å². The van der Waals surface area contributed by atoms with E-state index in [1.807, 2.05) is 49.4 Å². The summed E-state index contributed by atoms with van der Waals surface area (Å²) >= 11 is 0. The number of hydrogen-bond acceptors (Lipinski definition) is 4. The first-order valence-electron chi connectivity index (χ1n) is 16.4. The second-order valence-electron chi connectivity index (χ2n) is 13.9. The van der Waals surface area contributed by atoms with E-state index >= 15 is 0 Å². The second-order valence-corrected chi connectivity index (χ2v) is 15.8. The fourth-order valence-corrected chi connectivity index (χ4v) is 9.98. The van der Waals surface area contributed by atoms with Crippen LogP contribution in [0, 0.1) is 17.8 Å². The third-order valence-electron chi connectivity index (χ3n) is 10.8. The summed E-state index contributed by atoms with van der Waals surface area (Å²) in [6.45, 7) is 1.79. The molecule has 8 heteroatoms. The lowest BCUT2D eigenvalue weighted by atomic mass is 9.48. The van der Waals surface area contributed by atoms with E-state index in [0.717, 1.165) is 55.3 Å². The van der Waals surface area contributed by atoms with Crippen molar-refractivity contribution in [3.8, 4) is 0 Å². The summed E-state index contributed by atoms with van der Waals surface area (Å²) in [6, 6.07) is 17.0. The van der Waals surface area contributed by atoms with Gasteiger partial charge in [0, 0.05) is 12.6 Å². The lowest BCUT2D eigenvalue weighted by Crippen LogP contribution is -2.53. The van der Waals surface area contributed by atoms with Crippen LogP contribution in [0.1, 0.15) is 88.7 Å². The Bertz CT molecular complexity index is 1370. The SMILES string of the molecule is CCC(C(=O)NC1CCCC1)N(Cc1ccccc1)C(=O)CN(c1ccc(C23CC4CC(CC(C4)C2)C3)cc1)S(C)(=O)=O. The predicted molar refractivity (Wildman–Crippen MR) is 170 cm³/mol. The van der Waals surface area contributed by atoms with E-state index in [1.165, 1.54) is 48.4 Å². The molecule has 5 aliphatic rings. The highest BCUT2D eigenvalue weighted by Crippen LogP contribution is 2.60. The number of anilines is 1. The van der Waals surface area contributed by atoms with Crippen LogP contribution in [0.15, 0.2) is 54.6 Å². The molecule has 0 radical (unpaired) electrons. The number of carbonyl (C=O) groups is 2. The predicted octanol–water partition coefficient (Wildman–Crippen LogP) is 5.79. The smallest absolute Gasteiger partial charge is 0.244 e. The van der Waals surface area contributed by atoms with Gasteiger partial charge in [0.1, 0.15) is 12.6 Å². The van der Waals surface area contributed by atoms with Gasteiger partial charge in [-0.05, 0) is 104 Å². The Hall–Kier alpha value is -2.87. The Balaban J connectivity index is 1.24. The largest absolute Gasteiger partial charge is 0.352 e. The molecule has 5 fully saturated rings. The van der Waals surface area contributed by atoms with Crippen molar-refractivity contribution in [2.45, 2.75) is 102 Å². The number of carbonyl (C=O) groups excluding carboxylic acids is 2. The zero-order valence-electron chi connectivity index (χ0n) is 25.7. The van der Waals surface area contributed by atoms with E-state index in [9.17, 15) is 18.0 Å². The van der Waals surface area contributed by atoms with E-state index in [4.69, 9.17) is 0 Å². The number of hydrogen-bond donors (Lipinski definition) is 1. The molecule has 43 heavy (non-hydrogen) atoms. The van der Waals surface area contributed by atoms with Crippen LogP contribution in [0.5, 0.6) is 0 Å². The molecule has 7 rings (SSSR count). The van der Waals surface area contributed by atoms with Crippen molar-refractivity contribution in [3.63, 3.8) is 0 Å². The average molecular weight is 606 g/mol. The minimum atomic E-state index is -3.76. The first-order valence-corrected chi connectivity index (χ1v) is 18.2. The Morgan fingerprint density at radius 3 is 2.02 bits per heavy atom. The monoisotopic (exact) mass is 605 g/mol. The zero-order valence-corrected chi connectivity index (χ0v) is 26.5. The maximum atomic E-state index is 14.1. The first kappa shape index (κ1) is 30.2. The van der Waals surface area contributed by atoms with Gasteiger partial charge in [-0.15, -0.1) is 0 Å². The highest BCUT2D eigenvalue weighted by atomic mass is 32.2. The zero-order chi connectivity index (χ0) is 30.2. The number of nitrogens with one attached hydrogen (secondary N) is 1. The number of amides is 2. The Morgan fingerprint density at radius 1 is 0.907 bits per heavy atom. The Morgan fingerprint density at radius 2 is 1.49 bits per heavy atom. The van der Waals surface area contributed by atoms with Gasteiger partial charge in [-0.1, -0.05) is 62.2 Å². The van der Waals surface area contributed by atoms with Crippen molar-refractivity contribution in [1.82, 2.24) is 10.2 Å². The Labute approximate surface area is 257 Å². The van der Waals surface area contributed by atoms with Gasteiger partial charge in [0.05, 0.1) is 11.9 Å². The van der Waals surface area contributed by atoms with E-state index in [1.54, 1.807) is 4.90 Å². The minimum Gasteiger partial charge on any atom is -0.352 e. The lowest BCUT2D eigenvalue weighted by molar-refractivity contribution is -0.140. The van der Waals surface area contributed by atoms with Crippen LogP contribution in [-0.4, -0.2) is 50.0 Å². The van der Waals surface area contributed by atoms with Gasteiger partial charge in [0.25, 0.3) is 0 Å². The minimum absolute atomic E-state index is 0.134.